The van der Waals surface area contributed by atoms with Crippen molar-refractivity contribution in [2.24, 2.45) is 0 Å². The van der Waals surface area contributed by atoms with E-state index in [1.807, 2.05) is 37.3 Å². The summed E-state index contributed by atoms with van der Waals surface area (Å²) in [6, 6.07) is 7.80. The van der Waals surface area contributed by atoms with Crippen molar-refractivity contribution in [1.29, 1.82) is 0 Å². The van der Waals surface area contributed by atoms with Gasteiger partial charge in [0.25, 0.3) is 0 Å². The lowest BCUT2D eigenvalue weighted by Crippen LogP contribution is -2.02. The van der Waals surface area contributed by atoms with Gasteiger partial charge in [0.15, 0.2) is 5.78 Å². The maximum Gasteiger partial charge on any atom is 0.188 e. The van der Waals surface area contributed by atoms with E-state index in [1.165, 1.54) is 5.56 Å². The summed E-state index contributed by atoms with van der Waals surface area (Å²) in [5.41, 5.74) is 2.64. The Morgan fingerprint density at radius 3 is 2.82 bits per heavy atom. The fraction of sp³-hybridized carbons (Fsp3) is 0.312. The van der Waals surface area contributed by atoms with Crippen LogP contribution in [-0.4, -0.2) is 5.78 Å². The monoisotopic (exact) mass is 228 g/mol. The molecular formula is C16H20O. The number of rotatable bonds is 6. The van der Waals surface area contributed by atoms with Crippen LogP contribution in [0.3, 0.4) is 0 Å². The lowest BCUT2D eigenvalue weighted by atomic mass is 9.99. The first-order chi connectivity index (χ1) is 8.19. The molecule has 90 valence electrons. The average molecular weight is 228 g/mol. The molecule has 0 unspecified atom stereocenters. The zero-order chi connectivity index (χ0) is 12.7. The van der Waals surface area contributed by atoms with Gasteiger partial charge in [-0.15, -0.1) is 0 Å². The van der Waals surface area contributed by atoms with Crippen molar-refractivity contribution in [3.8, 4) is 0 Å². The molecule has 1 aromatic carbocycles. The fourth-order valence-corrected chi connectivity index (χ4v) is 1.67. The number of hydrogen-bond donors (Lipinski definition) is 0. The molecule has 0 saturated heterocycles. The molecule has 17 heavy (non-hydrogen) atoms. The van der Waals surface area contributed by atoms with E-state index in [9.17, 15) is 4.79 Å². The molecule has 0 aromatic heterocycles. The molecule has 0 aliphatic heterocycles. The summed E-state index contributed by atoms with van der Waals surface area (Å²) in [7, 11) is 0. The van der Waals surface area contributed by atoms with Crippen LogP contribution in [0.25, 0.3) is 0 Å². The van der Waals surface area contributed by atoms with Crippen molar-refractivity contribution < 1.29 is 4.79 Å². The Bertz CT molecular complexity index is 427. The van der Waals surface area contributed by atoms with E-state index >= 15 is 0 Å². The first-order valence-corrected chi connectivity index (χ1v) is 6.11. The molecule has 0 saturated carbocycles. The number of Topliss-reactive ketones (excluding diaryl/α,β-unsaturated/α-hetero) is 1. The van der Waals surface area contributed by atoms with E-state index in [2.05, 4.69) is 19.6 Å². The van der Waals surface area contributed by atoms with Crippen molar-refractivity contribution in [1.82, 2.24) is 0 Å². The van der Waals surface area contributed by atoms with Gasteiger partial charge >= 0.3 is 0 Å². The van der Waals surface area contributed by atoms with Crippen LogP contribution in [0.1, 0.15) is 42.6 Å². The quantitative estimate of drug-likeness (QED) is 0.402. The van der Waals surface area contributed by atoms with Gasteiger partial charge in [0.05, 0.1) is 0 Å². The molecule has 1 heteroatoms. The van der Waals surface area contributed by atoms with Gasteiger partial charge in [0.2, 0.25) is 0 Å². The molecule has 0 spiro atoms. The Hall–Kier alpha value is -1.63. The summed E-state index contributed by atoms with van der Waals surface area (Å²) < 4.78 is 0. The first kappa shape index (κ1) is 13.4. The topological polar surface area (TPSA) is 17.1 Å². The number of allylic oxidation sites excluding steroid dienone is 3. The van der Waals surface area contributed by atoms with Crippen molar-refractivity contribution in [2.75, 3.05) is 0 Å². The summed E-state index contributed by atoms with van der Waals surface area (Å²) >= 11 is 0. The van der Waals surface area contributed by atoms with Crippen LogP contribution in [0, 0.1) is 0 Å². The molecule has 0 radical (unpaired) electrons. The maximum atomic E-state index is 12.1. The molecule has 1 aromatic rings. The summed E-state index contributed by atoms with van der Waals surface area (Å²) in [5, 5.41) is 0. The molecule has 0 fully saturated rings. The number of benzene rings is 1. The Morgan fingerprint density at radius 1 is 1.41 bits per heavy atom. The van der Waals surface area contributed by atoms with Crippen LogP contribution < -0.4 is 0 Å². The minimum Gasteiger partial charge on any atom is -0.289 e. The van der Waals surface area contributed by atoms with Gasteiger partial charge in [-0.05, 0) is 43.4 Å². The smallest absolute Gasteiger partial charge is 0.188 e. The largest absolute Gasteiger partial charge is 0.289 e. The van der Waals surface area contributed by atoms with Gasteiger partial charge in [-0.2, -0.15) is 0 Å². The van der Waals surface area contributed by atoms with E-state index in [4.69, 9.17) is 0 Å². The second kappa shape index (κ2) is 6.85. The van der Waals surface area contributed by atoms with Gasteiger partial charge in [0.1, 0.15) is 0 Å². The average Bonchev–Trinajstić information content (AvgIpc) is 2.38. The van der Waals surface area contributed by atoms with Crippen molar-refractivity contribution >= 4 is 5.78 Å². The number of aryl methyl sites for hydroxylation is 1. The predicted molar refractivity (Wildman–Crippen MR) is 73.3 cm³/mol. The molecule has 0 amide bonds. The highest BCUT2D eigenvalue weighted by Gasteiger charge is 2.09. The molecule has 0 atom stereocenters. The van der Waals surface area contributed by atoms with Crippen LogP contribution in [0.15, 0.2) is 48.6 Å². The van der Waals surface area contributed by atoms with Gasteiger partial charge in [0, 0.05) is 5.56 Å². The van der Waals surface area contributed by atoms with Crippen LogP contribution in [0.2, 0.25) is 0 Å². The SMILES string of the molecule is C=C(CC/C=C\C)C(=O)c1cccc(CC)c1. The highest BCUT2D eigenvalue weighted by molar-refractivity contribution is 6.08. The molecule has 0 N–H and O–H groups in total. The predicted octanol–water partition coefficient (Wildman–Crippen LogP) is 4.34. The third-order valence-electron chi connectivity index (χ3n) is 2.77. The normalized spacial score (nSPS) is 10.7. The van der Waals surface area contributed by atoms with Crippen LogP contribution in [0.5, 0.6) is 0 Å². The van der Waals surface area contributed by atoms with Gasteiger partial charge in [-0.1, -0.05) is 43.9 Å². The molecule has 0 aliphatic rings. The maximum absolute atomic E-state index is 12.1. The molecule has 0 heterocycles. The minimum atomic E-state index is 0.0739. The number of hydrogen-bond acceptors (Lipinski definition) is 1. The standard InChI is InChI=1S/C16H20O/c1-4-6-7-9-13(3)16(17)15-11-8-10-14(5-2)12-15/h4,6,8,10-12H,3,5,7,9H2,1-2H3/b6-4-. The Morgan fingerprint density at radius 2 is 2.18 bits per heavy atom. The Labute approximate surface area is 104 Å². The minimum absolute atomic E-state index is 0.0739. The molecule has 1 nitrogen and oxygen atoms in total. The molecule has 1 rings (SSSR count). The zero-order valence-electron chi connectivity index (χ0n) is 10.7. The number of carbonyl (C=O) groups excluding carboxylic acids is 1. The summed E-state index contributed by atoms with van der Waals surface area (Å²) in [6.45, 7) is 7.94. The second-order valence-corrected chi connectivity index (χ2v) is 4.09. The summed E-state index contributed by atoms with van der Waals surface area (Å²) in [6.07, 6.45) is 6.62. The zero-order valence-corrected chi connectivity index (χ0v) is 10.7. The summed E-state index contributed by atoms with van der Waals surface area (Å²) in [5.74, 6) is 0.0739. The van der Waals surface area contributed by atoms with Gasteiger partial charge < -0.3 is 0 Å². The summed E-state index contributed by atoms with van der Waals surface area (Å²) in [4.78, 5) is 12.1. The van der Waals surface area contributed by atoms with E-state index in [-0.39, 0.29) is 5.78 Å². The van der Waals surface area contributed by atoms with Crippen LogP contribution >= 0.6 is 0 Å². The van der Waals surface area contributed by atoms with Crippen molar-refractivity contribution in [3.63, 3.8) is 0 Å². The highest BCUT2D eigenvalue weighted by Crippen LogP contribution is 2.14. The lowest BCUT2D eigenvalue weighted by Gasteiger charge is -2.05. The Balaban J connectivity index is 2.71. The van der Waals surface area contributed by atoms with Crippen LogP contribution in [0.4, 0.5) is 0 Å². The molecule has 0 bridgehead atoms. The van der Waals surface area contributed by atoms with E-state index in [1.54, 1.807) is 0 Å². The highest BCUT2D eigenvalue weighted by atomic mass is 16.1. The van der Waals surface area contributed by atoms with Crippen molar-refractivity contribution in [3.05, 3.63) is 59.7 Å². The second-order valence-electron chi connectivity index (χ2n) is 4.09. The molecular weight excluding hydrogens is 208 g/mol. The number of ketones is 1. The van der Waals surface area contributed by atoms with Crippen LogP contribution in [-0.2, 0) is 6.42 Å². The van der Waals surface area contributed by atoms with Gasteiger partial charge in [-0.3, -0.25) is 4.79 Å². The third kappa shape index (κ3) is 4.03. The molecule has 0 aliphatic carbocycles. The van der Waals surface area contributed by atoms with E-state index < -0.39 is 0 Å². The van der Waals surface area contributed by atoms with E-state index in [0.29, 0.717) is 5.57 Å². The van der Waals surface area contributed by atoms with E-state index in [0.717, 1.165) is 24.8 Å². The van der Waals surface area contributed by atoms with Gasteiger partial charge in [-0.25, -0.2) is 0 Å². The lowest BCUT2D eigenvalue weighted by molar-refractivity contribution is 0.103. The van der Waals surface area contributed by atoms with Crippen molar-refractivity contribution in [2.45, 2.75) is 33.1 Å². The first-order valence-electron chi connectivity index (χ1n) is 6.11. The Kier molecular flexibility index (Phi) is 5.41. The number of carbonyl (C=O) groups is 1. The third-order valence-corrected chi connectivity index (χ3v) is 2.77. The fourth-order valence-electron chi connectivity index (χ4n) is 1.67.